The third-order valence-corrected chi connectivity index (χ3v) is 4.61. The predicted octanol–water partition coefficient (Wildman–Crippen LogP) is 3.55. The molecule has 1 heterocycles. The van der Waals surface area contributed by atoms with Crippen molar-refractivity contribution >= 4 is 6.03 Å². The molecule has 0 spiro atoms. The van der Waals surface area contributed by atoms with Gasteiger partial charge in [0.25, 0.3) is 0 Å². The summed E-state index contributed by atoms with van der Waals surface area (Å²) >= 11 is 0. The van der Waals surface area contributed by atoms with Crippen LogP contribution in [0.1, 0.15) is 42.6 Å². The lowest BCUT2D eigenvalue weighted by Crippen LogP contribution is -2.41. The van der Waals surface area contributed by atoms with E-state index in [0.29, 0.717) is 12.5 Å². The minimum atomic E-state index is -0.261. The number of halogens is 1. The Morgan fingerprint density at radius 2 is 2.08 bits per heavy atom. The third-order valence-electron chi connectivity index (χ3n) is 4.61. The second kappa shape index (κ2) is 7.25. The zero-order valence-corrected chi connectivity index (χ0v) is 15.0. The molecule has 0 bridgehead atoms. The van der Waals surface area contributed by atoms with Crippen LogP contribution in [0.5, 0.6) is 0 Å². The lowest BCUT2D eigenvalue weighted by molar-refractivity contribution is 0.189. The van der Waals surface area contributed by atoms with Crippen LogP contribution in [0.2, 0.25) is 0 Å². The van der Waals surface area contributed by atoms with Gasteiger partial charge in [-0.25, -0.2) is 9.18 Å². The van der Waals surface area contributed by atoms with Crippen LogP contribution >= 0.6 is 0 Å². The molecule has 1 aliphatic rings. The van der Waals surface area contributed by atoms with Crippen molar-refractivity contribution < 1.29 is 9.18 Å². The Hall–Kier alpha value is -2.37. The molecular weight excluding hydrogens is 319 g/mol. The average Bonchev–Trinajstić information content (AvgIpc) is 3.31. The van der Waals surface area contributed by atoms with Gasteiger partial charge in [-0.2, -0.15) is 5.10 Å². The molecule has 2 aromatic rings. The van der Waals surface area contributed by atoms with Crippen LogP contribution < -0.4 is 5.32 Å². The van der Waals surface area contributed by atoms with Crippen molar-refractivity contribution in [3.63, 3.8) is 0 Å². The van der Waals surface area contributed by atoms with Gasteiger partial charge in [0.1, 0.15) is 5.82 Å². The van der Waals surface area contributed by atoms with Gasteiger partial charge in [0.2, 0.25) is 0 Å². The standard InChI is InChI=1S/C19H25FN4O/c1-13(18-12-23(3)22-14(18)2)21-19(25)24(10-15-4-5-15)11-16-6-8-17(20)9-7-16/h6-9,12-13,15H,4-5,10-11H2,1-3H3,(H,21,25). The van der Waals surface area contributed by atoms with Gasteiger partial charge >= 0.3 is 6.03 Å². The summed E-state index contributed by atoms with van der Waals surface area (Å²) in [6, 6.07) is 6.13. The molecule has 25 heavy (non-hydrogen) atoms. The topological polar surface area (TPSA) is 50.2 Å². The number of nitrogens with zero attached hydrogens (tertiary/aromatic N) is 3. The molecule has 0 aliphatic heterocycles. The van der Waals surface area contributed by atoms with Gasteiger partial charge in [-0.1, -0.05) is 12.1 Å². The average molecular weight is 344 g/mol. The Bertz CT molecular complexity index is 736. The summed E-state index contributed by atoms with van der Waals surface area (Å²) < 4.78 is 14.9. The number of carbonyl (C=O) groups excluding carboxylic acids is 1. The first kappa shape index (κ1) is 17.5. The summed E-state index contributed by atoms with van der Waals surface area (Å²) in [6.07, 6.45) is 4.28. The minimum absolute atomic E-state index is 0.0908. The van der Waals surface area contributed by atoms with E-state index in [1.165, 1.54) is 25.0 Å². The number of benzene rings is 1. The molecule has 1 saturated carbocycles. The van der Waals surface area contributed by atoms with Crippen LogP contribution in [0.4, 0.5) is 9.18 Å². The molecule has 0 radical (unpaired) electrons. The quantitative estimate of drug-likeness (QED) is 0.871. The van der Waals surface area contributed by atoms with Gasteiger partial charge in [-0.3, -0.25) is 4.68 Å². The van der Waals surface area contributed by atoms with Gasteiger partial charge in [0.15, 0.2) is 0 Å². The summed E-state index contributed by atoms with van der Waals surface area (Å²) in [6.45, 7) is 5.14. The molecule has 0 saturated heterocycles. The molecular formula is C19H25FN4O. The Balaban J connectivity index is 1.68. The van der Waals surface area contributed by atoms with Crippen molar-refractivity contribution in [3.05, 3.63) is 53.1 Å². The lowest BCUT2D eigenvalue weighted by Gasteiger charge is -2.25. The molecule has 1 aliphatic carbocycles. The SMILES string of the molecule is Cc1nn(C)cc1C(C)NC(=O)N(Cc1ccc(F)cc1)CC1CC1. The highest BCUT2D eigenvalue weighted by molar-refractivity contribution is 5.74. The second-order valence-corrected chi connectivity index (χ2v) is 6.97. The van der Waals surface area contributed by atoms with Crippen molar-refractivity contribution in [2.45, 2.75) is 39.3 Å². The molecule has 1 atom stereocenters. The fraction of sp³-hybridized carbons (Fsp3) is 0.474. The molecule has 1 aromatic carbocycles. The van der Waals surface area contributed by atoms with Crippen LogP contribution in [0.15, 0.2) is 30.5 Å². The molecule has 1 unspecified atom stereocenters. The first-order chi connectivity index (χ1) is 11.9. The molecule has 1 fully saturated rings. The monoisotopic (exact) mass is 344 g/mol. The molecule has 2 amide bonds. The Morgan fingerprint density at radius 1 is 1.40 bits per heavy atom. The number of urea groups is 1. The number of carbonyl (C=O) groups is 1. The third kappa shape index (κ3) is 4.59. The van der Waals surface area contributed by atoms with Crippen molar-refractivity contribution in [1.29, 1.82) is 0 Å². The van der Waals surface area contributed by atoms with Gasteiger partial charge < -0.3 is 10.2 Å². The van der Waals surface area contributed by atoms with Gasteiger partial charge in [0.05, 0.1) is 11.7 Å². The maximum Gasteiger partial charge on any atom is 0.318 e. The summed E-state index contributed by atoms with van der Waals surface area (Å²) in [4.78, 5) is 14.6. The molecule has 6 heteroatoms. The molecule has 1 N–H and O–H groups in total. The van der Waals surface area contributed by atoms with Crippen molar-refractivity contribution in [2.75, 3.05) is 6.54 Å². The second-order valence-electron chi connectivity index (χ2n) is 6.97. The van der Waals surface area contributed by atoms with Crippen LogP contribution in [0.3, 0.4) is 0 Å². The van der Waals surface area contributed by atoms with Crippen LogP contribution in [0, 0.1) is 18.7 Å². The number of rotatable bonds is 6. The highest BCUT2D eigenvalue weighted by Crippen LogP contribution is 2.30. The fourth-order valence-electron chi connectivity index (χ4n) is 3.04. The highest BCUT2D eigenvalue weighted by Gasteiger charge is 2.28. The number of nitrogens with one attached hydrogen (secondary N) is 1. The van der Waals surface area contributed by atoms with E-state index >= 15 is 0 Å². The lowest BCUT2D eigenvalue weighted by atomic mass is 10.1. The maximum absolute atomic E-state index is 13.1. The van der Waals surface area contributed by atoms with Crippen LogP contribution in [0.25, 0.3) is 0 Å². The highest BCUT2D eigenvalue weighted by atomic mass is 19.1. The molecule has 5 nitrogen and oxygen atoms in total. The zero-order valence-electron chi connectivity index (χ0n) is 15.0. The molecule has 3 rings (SSSR count). The van der Waals surface area contributed by atoms with Crippen molar-refractivity contribution in [1.82, 2.24) is 20.0 Å². The van der Waals surface area contributed by atoms with E-state index < -0.39 is 0 Å². The first-order valence-electron chi connectivity index (χ1n) is 8.72. The van der Waals surface area contributed by atoms with E-state index in [4.69, 9.17) is 0 Å². The van der Waals surface area contributed by atoms with Crippen LogP contribution in [-0.4, -0.2) is 27.3 Å². The number of hydrogen-bond acceptors (Lipinski definition) is 2. The summed E-state index contributed by atoms with van der Waals surface area (Å²) in [7, 11) is 1.87. The van der Waals surface area contributed by atoms with Gasteiger partial charge in [-0.05, 0) is 50.3 Å². The molecule has 134 valence electrons. The van der Waals surface area contributed by atoms with Gasteiger partial charge in [0, 0.05) is 31.9 Å². The maximum atomic E-state index is 13.1. The minimum Gasteiger partial charge on any atom is -0.331 e. The van der Waals surface area contributed by atoms with Crippen molar-refractivity contribution in [3.8, 4) is 0 Å². The van der Waals surface area contributed by atoms with Crippen LogP contribution in [-0.2, 0) is 13.6 Å². The van der Waals surface area contributed by atoms with Crippen molar-refractivity contribution in [2.24, 2.45) is 13.0 Å². The first-order valence-corrected chi connectivity index (χ1v) is 8.72. The Kier molecular flexibility index (Phi) is 5.06. The van der Waals surface area contributed by atoms with E-state index in [-0.39, 0.29) is 17.9 Å². The fourth-order valence-corrected chi connectivity index (χ4v) is 3.04. The zero-order chi connectivity index (χ0) is 18.0. The Morgan fingerprint density at radius 3 is 2.64 bits per heavy atom. The van der Waals surface area contributed by atoms with Gasteiger partial charge in [-0.15, -0.1) is 0 Å². The number of hydrogen-bond donors (Lipinski definition) is 1. The normalized spacial score (nSPS) is 15.0. The van der Waals surface area contributed by atoms with E-state index in [2.05, 4.69) is 10.4 Å². The summed E-state index contributed by atoms with van der Waals surface area (Å²) in [5.41, 5.74) is 2.87. The largest absolute Gasteiger partial charge is 0.331 e. The predicted molar refractivity (Wildman–Crippen MR) is 94.4 cm³/mol. The van der Waals surface area contributed by atoms with E-state index in [1.54, 1.807) is 16.8 Å². The summed E-state index contributed by atoms with van der Waals surface area (Å²) in [5.74, 6) is 0.323. The Labute approximate surface area is 147 Å². The number of amides is 2. The van der Waals surface area contributed by atoms with E-state index in [9.17, 15) is 9.18 Å². The smallest absolute Gasteiger partial charge is 0.318 e. The van der Waals surface area contributed by atoms with E-state index in [0.717, 1.165) is 23.4 Å². The molecule has 1 aromatic heterocycles. The number of aromatic nitrogens is 2. The number of aryl methyl sites for hydroxylation is 2. The summed E-state index contributed by atoms with van der Waals surface area (Å²) in [5, 5.41) is 7.41. The van der Waals surface area contributed by atoms with E-state index in [1.807, 2.05) is 32.0 Å².